The Labute approximate surface area is 132 Å². The lowest BCUT2D eigenvalue weighted by atomic mass is 10.1. The summed E-state index contributed by atoms with van der Waals surface area (Å²) in [6.45, 7) is 5.96. The van der Waals surface area contributed by atoms with Crippen LogP contribution in [0.1, 0.15) is 41.8 Å². The number of carbonyl (C=O) groups excluding carboxylic acids is 1. The molecule has 0 unspecified atom stereocenters. The lowest BCUT2D eigenvalue weighted by molar-refractivity contribution is 0.0901. The van der Waals surface area contributed by atoms with Gasteiger partial charge in [-0.15, -0.1) is 0 Å². The van der Waals surface area contributed by atoms with Crippen molar-refractivity contribution in [3.8, 4) is 0 Å². The standard InChI is InChI=1S/C18H24NO2P/c1-4-22(21,5-2)17(16-10-8-15(3)9-11-16)14-18(20)19-12-6-7-13-19/h6-13,17H,4-5,14H2,1-3H3/t17-/m0/s1. The Bertz CT molecular complexity index is 651. The number of aromatic nitrogens is 1. The molecule has 0 aliphatic carbocycles. The van der Waals surface area contributed by atoms with Gasteiger partial charge < -0.3 is 4.57 Å². The number of hydrogen-bond donors (Lipinski definition) is 0. The monoisotopic (exact) mass is 317 g/mol. The Kier molecular flexibility index (Phi) is 5.42. The van der Waals surface area contributed by atoms with E-state index in [1.807, 2.05) is 57.2 Å². The second kappa shape index (κ2) is 7.11. The van der Waals surface area contributed by atoms with E-state index in [2.05, 4.69) is 0 Å². The fourth-order valence-electron chi connectivity index (χ4n) is 2.78. The molecule has 3 nitrogen and oxygen atoms in total. The molecule has 22 heavy (non-hydrogen) atoms. The first-order chi connectivity index (χ1) is 10.5. The normalized spacial score (nSPS) is 13.0. The molecule has 2 aromatic rings. The summed E-state index contributed by atoms with van der Waals surface area (Å²) in [6.07, 6.45) is 5.04. The zero-order valence-electron chi connectivity index (χ0n) is 13.5. The molecule has 0 aliphatic heterocycles. The van der Waals surface area contributed by atoms with Crippen molar-refractivity contribution >= 4 is 13.0 Å². The predicted octanol–water partition coefficient (Wildman–Crippen LogP) is 4.97. The number of hydrogen-bond acceptors (Lipinski definition) is 2. The Morgan fingerprint density at radius 1 is 1.09 bits per heavy atom. The van der Waals surface area contributed by atoms with E-state index in [9.17, 15) is 9.36 Å². The molecule has 0 saturated carbocycles. The summed E-state index contributed by atoms with van der Waals surface area (Å²) in [5.74, 6) is -0.00213. The quantitative estimate of drug-likeness (QED) is 0.705. The first-order valence-corrected chi connectivity index (χ1v) is 9.95. The van der Waals surface area contributed by atoms with Gasteiger partial charge in [0.25, 0.3) is 0 Å². The van der Waals surface area contributed by atoms with Gasteiger partial charge in [-0.2, -0.15) is 0 Å². The lowest BCUT2D eigenvalue weighted by Crippen LogP contribution is -2.15. The van der Waals surface area contributed by atoms with Crippen LogP contribution >= 0.6 is 7.14 Å². The third-order valence-corrected chi connectivity index (χ3v) is 8.12. The summed E-state index contributed by atoms with van der Waals surface area (Å²) < 4.78 is 14.9. The van der Waals surface area contributed by atoms with E-state index >= 15 is 0 Å². The highest BCUT2D eigenvalue weighted by Crippen LogP contribution is 2.60. The summed E-state index contributed by atoms with van der Waals surface area (Å²) >= 11 is 0. The van der Waals surface area contributed by atoms with Crippen LogP contribution in [-0.2, 0) is 4.57 Å². The van der Waals surface area contributed by atoms with Crippen molar-refractivity contribution in [2.24, 2.45) is 0 Å². The molecule has 1 atom stereocenters. The van der Waals surface area contributed by atoms with Gasteiger partial charge in [-0.25, -0.2) is 0 Å². The molecular formula is C18H24NO2P. The van der Waals surface area contributed by atoms with Crippen LogP contribution in [0.4, 0.5) is 0 Å². The van der Waals surface area contributed by atoms with Crippen LogP contribution in [0.5, 0.6) is 0 Å². The number of nitrogens with zero attached hydrogens (tertiary/aromatic N) is 1. The second-order valence-corrected chi connectivity index (χ2v) is 9.49. The first kappa shape index (κ1) is 16.8. The zero-order chi connectivity index (χ0) is 16.2. The molecule has 0 saturated heterocycles. The van der Waals surface area contributed by atoms with Gasteiger partial charge in [0.1, 0.15) is 0 Å². The fraction of sp³-hybridized carbons (Fsp3) is 0.389. The smallest absolute Gasteiger partial charge is 0.231 e. The van der Waals surface area contributed by atoms with Crippen LogP contribution in [-0.4, -0.2) is 22.8 Å². The summed E-state index contributed by atoms with van der Waals surface area (Å²) in [4.78, 5) is 12.5. The molecule has 0 radical (unpaired) electrons. The van der Waals surface area contributed by atoms with Gasteiger partial charge in [0.15, 0.2) is 0 Å². The van der Waals surface area contributed by atoms with Crippen LogP contribution < -0.4 is 0 Å². The van der Waals surface area contributed by atoms with Crippen molar-refractivity contribution in [2.45, 2.75) is 32.9 Å². The Hall–Kier alpha value is -1.60. The molecule has 118 valence electrons. The third-order valence-electron chi connectivity index (χ3n) is 4.36. The van der Waals surface area contributed by atoms with Crippen LogP contribution in [0.2, 0.25) is 0 Å². The highest BCUT2D eigenvalue weighted by atomic mass is 31.2. The van der Waals surface area contributed by atoms with Gasteiger partial charge >= 0.3 is 0 Å². The van der Waals surface area contributed by atoms with Gasteiger partial charge in [0.2, 0.25) is 5.91 Å². The predicted molar refractivity (Wildman–Crippen MR) is 92.3 cm³/mol. The van der Waals surface area contributed by atoms with Crippen LogP contribution in [0.25, 0.3) is 0 Å². The molecule has 0 amide bonds. The molecule has 0 aliphatic rings. The average Bonchev–Trinajstić information content (AvgIpc) is 3.07. The Morgan fingerprint density at radius 2 is 1.64 bits per heavy atom. The maximum atomic E-state index is 13.3. The largest absolute Gasteiger partial charge is 0.323 e. The maximum Gasteiger partial charge on any atom is 0.231 e. The van der Waals surface area contributed by atoms with Crippen molar-refractivity contribution in [1.29, 1.82) is 0 Å². The Morgan fingerprint density at radius 3 is 2.14 bits per heavy atom. The van der Waals surface area contributed by atoms with E-state index in [0.717, 1.165) is 5.56 Å². The number of carbonyl (C=O) groups is 1. The van der Waals surface area contributed by atoms with Crippen LogP contribution in [0.15, 0.2) is 48.8 Å². The average molecular weight is 317 g/mol. The van der Waals surface area contributed by atoms with Crippen LogP contribution in [0, 0.1) is 6.92 Å². The van der Waals surface area contributed by atoms with Gasteiger partial charge in [0, 0.05) is 24.5 Å². The van der Waals surface area contributed by atoms with E-state index in [0.29, 0.717) is 12.3 Å². The number of rotatable bonds is 6. The molecule has 0 N–H and O–H groups in total. The van der Waals surface area contributed by atoms with Crippen LogP contribution in [0.3, 0.4) is 0 Å². The highest BCUT2D eigenvalue weighted by molar-refractivity contribution is 7.64. The molecule has 0 fully saturated rings. The van der Waals surface area contributed by atoms with Crippen molar-refractivity contribution in [3.63, 3.8) is 0 Å². The van der Waals surface area contributed by atoms with Gasteiger partial charge in [-0.05, 0) is 36.9 Å². The lowest BCUT2D eigenvalue weighted by Gasteiger charge is -2.26. The third kappa shape index (κ3) is 3.59. The van der Waals surface area contributed by atoms with Gasteiger partial charge in [-0.3, -0.25) is 9.36 Å². The van der Waals surface area contributed by atoms with Crippen molar-refractivity contribution in [2.75, 3.05) is 12.3 Å². The minimum Gasteiger partial charge on any atom is -0.323 e. The van der Waals surface area contributed by atoms with E-state index in [4.69, 9.17) is 0 Å². The number of aryl methyl sites for hydroxylation is 1. The molecule has 0 spiro atoms. The molecule has 1 aromatic heterocycles. The maximum absolute atomic E-state index is 13.3. The summed E-state index contributed by atoms with van der Waals surface area (Å²) in [5, 5.41) is 0. The minimum atomic E-state index is -2.42. The first-order valence-electron chi connectivity index (χ1n) is 7.80. The van der Waals surface area contributed by atoms with Crippen molar-refractivity contribution in [3.05, 3.63) is 59.9 Å². The molecular weight excluding hydrogens is 293 g/mol. The van der Waals surface area contributed by atoms with E-state index < -0.39 is 7.14 Å². The SMILES string of the molecule is CCP(=O)(CC)[C@@H](CC(=O)n1cccc1)c1ccc(C)cc1. The topological polar surface area (TPSA) is 39.1 Å². The van der Waals surface area contributed by atoms with Gasteiger partial charge in [0.05, 0.1) is 7.14 Å². The minimum absolute atomic E-state index is 0.00213. The van der Waals surface area contributed by atoms with E-state index in [1.54, 1.807) is 17.0 Å². The summed E-state index contributed by atoms with van der Waals surface area (Å²) in [7, 11) is -2.42. The summed E-state index contributed by atoms with van der Waals surface area (Å²) in [5.41, 5.74) is 1.98. The zero-order valence-corrected chi connectivity index (χ0v) is 14.4. The van der Waals surface area contributed by atoms with E-state index in [1.165, 1.54) is 5.56 Å². The second-order valence-electron chi connectivity index (χ2n) is 5.70. The summed E-state index contributed by atoms with van der Waals surface area (Å²) in [6, 6.07) is 11.7. The van der Waals surface area contributed by atoms with Crippen molar-refractivity contribution in [1.82, 2.24) is 4.57 Å². The van der Waals surface area contributed by atoms with E-state index in [-0.39, 0.29) is 18.0 Å². The molecule has 4 heteroatoms. The highest BCUT2D eigenvalue weighted by Gasteiger charge is 2.32. The molecule has 1 heterocycles. The Balaban J connectivity index is 2.35. The molecule has 0 bridgehead atoms. The van der Waals surface area contributed by atoms with Crippen molar-refractivity contribution < 1.29 is 9.36 Å². The molecule has 2 rings (SSSR count). The van der Waals surface area contributed by atoms with Gasteiger partial charge in [-0.1, -0.05) is 43.7 Å². The number of benzene rings is 1. The molecule has 1 aromatic carbocycles. The fourth-order valence-corrected chi connectivity index (χ4v) is 5.31.